The molecule has 1 aliphatic rings. The van der Waals surface area contributed by atoms with Crippen LogP contribution >= 0.6 is 11.3 Å². The maximum atomic E-state index is 12.3. The van der Waals surface area contributed by atoms with E-state index in [0.717, 1.165) is 9.78 Å². The molecule has 10 heteroatoms. The summed E-state index contributed by atoms with van der Waals surface area (Å²) in [7, 11) is 1.29. The van der Waals surface area contributed by atoms with E-state index in [9.17, 15) is 19.2 Å². The van der Waals surface area contributed by atoms with E-state index in [0.29, 0.717) is 23.9 Å². The van der Waals surface area contributed by atoms with E-state index in [4.69, 9.17) is 4.74 Å². The Balaban J connectivity index is 1.57. The van der Waals surface area contributed by atoms with Gasteiger partial charge in [0.05, 0.1) is 12.7 Å². The van der Waals surface area contributed by atoms with Crippen molar-refractivity contribution in [1.82, 2.24) is 14.9 Å². The molecule has 3 amide bonds. The Hall–Kier alpha value is -3.14. The van der Waals surface area contributed by atoms with Gasteiger partial charge in [-0.1, -0.05) is 13.8 Å². The van der Waals surface area contributed by atoms with E-state index in [2.05, 4.69) is 15.3 Å². The average molecular weight is 430 g/mol. The molecule has 1 N–H and O–H groups in total. The quantitative estimate of drug-likeness (QED) is 0.505. The van der Waals surface area contributed by atoms with Crippen LogP contribution in [0, 0.1) is 5.92 Å². The Morgan fingerprint density at radius 2 is 2.03 bits per heavy atom. The second-order valence-corrected chi connectivity index (χ2v) is 8.28. The van der Waals surface area contributed by atoms with Crippen molar-refractivity contribution in [1.29, 1.82) is 0 Å². The summed E-state index contributed by atoms with van der Waals surface area (Å²) < 4.78 is 4.76. The molecule has 0 unspecified atom stereocenters. The number of esters is 1. The van der Waals surface area contributed by atoms with E-state index in [1.165, 1.54) is 24.6 Å². The lowest BCUT2D eigenvalue weighted by Gasteiger charge is -2.12. The molecule has 0 saturated heterocycles. The number of nitrogens with zero attached hydrogens (tertiary/aromatic N) is 3. The zero-order valence-electron chi connectivity index (χ0n) is 16.9. The molecule has 0 radical (unpaired) electrons. The molecule has 3 rings (SSSR count). The summed E-state index contributed by atoms with van der Waals surface area (Å²) in [4.78, 5) is 58.8. The Kier molecular flexibility index (Phi) is 6.56. The molecular weight excluding hydrogens is 408 g/mol. The molecule has 1 aliphatic heterocycles. The Labute approximate surface area is 177 Å². The third kappa shape index (κ3) is 4.54. The summed E-state index contributed by atoms with van der Waals surface area (Å²) >= 11 is 1.24. The standard InChI is InChI=1S/C20H22N4O5S/c1-11(2)10-13-16(19(28)29-3)23-20(30-13)22-14(25)7-5-9-24-17(26)12-6-4-8-21-15(12)18(24)27/h4,6,8,11H,5,7,9-10H2,1-3H3,(H,22,23,25). The van der Waals surface area contributed by atoms with Crippen LogP contribution in [0.4, 0.5) is 5.13 Å². The minimum absolute atomic E-state index is 0.0908. The highest BCUT2D eigenvalue weighted by Gasteiger charge is 2.36. The highest BCUT2D eigenvalue weighted by atomic mass is 32.1. The van der Waals surface area contributed by atoms with Crippen molar-refractivity contribution in [3.05, 3.63) is 40.2 Å². The fraction of sp³-hybridized carbons (Fsp3) is 0.400. The van der Waals surface area contributed by atoms with Crippen LogP contribution in [0.3, 0.4) is 0 Å². The molecule has 0 spiro atoms. The number of carbonyl (C=O) groups is 4. The van der Waals surface area contributed by atoms with Crippen LogP contribution < -0.4 is 5.32 Å². The summed E-state index contributed by atoms with van der Waals surface area (Å²) in [5, 5.41) is 3.00. The fourth-order valence-electron chi connectivity index (χ4n) is 3.07. The van der Waals surface area contributed by atoms with Crippen molar-refractivity contribution >= 4 is 40.2 Å². The minimum atomic E-state index is -0.540. The van der Waals surface area contributed by atoms with Crippen LogP contribution in [-0.4, -0.2) is 52.2 Å². The number of ether oxygens (including phenoxy) is 1. The number of nitrogens with one attached hydrogen (secondary N) is 1. The topological polar surface area (TPSA) is 119 Å². The van der Waals surface area contributed by atoms with Gasteiger partial charge in [-0.3, -0.25) is 24.3 Å². The summed E-state index contributed by atoms with van der Waals surface area (Å²) in [6.07, 6.45) is 2.50. The molecule has 0 fully saturated rings. The number of rotatable bonds is 8. The first kappa shape index (κ1) is 21.6. The van der Waals surface area contributed by atoms with Crippen LogP contribution in [0.2, 0.25) is 0 Å². The van der Waals surface area contributed by atoms with E-state index >= 15 is 0 Å². The van der Waals surface area contributed by atoms with Crippen molar-refractivity contribution in [3.63, 3.8) is 0 Å². The zero-order chi connectivity index (χ0) is 21.8. The third-order valence-corrected chi connectivity index (χ3v) is 5.43. The van der Waals surface area contributed by atoms with Crippen LogP contribution in [-0.2, 0) is 16.0 Å². The summed E-state index contributed by atoms with van der Waals surface area (Å²) in [6, 6.07) is 3.16. The maximum Gasteiger partial charge on any atom is 0.357 e. The second-order valence-electron chi connectivity index (χ2n) is 7.19. The number of hydrogen-bond acceptors (Lipinski definition) is 8. The molecule has 0 saturated carbocycles. The van der Waals surface area contributed by atoms with Crippen LogP contribution in [0.1, 0.15) is 62.9 Å². The predicted octanol–water partition coefficient (Wildman–Crippen LogP) is 2.54. The number of hydrogen-bond donors (Lipinski definition) is 1. The molecule has 0 atom stereocenters. The van der Waals surface area contributed by atoms with Gasteiger partial charge in [0.25, 0.3) is 11.8 Å². The first-order valence-corrected chi connectivity index (χ1v) is 10.3. The first-order valence-electron chi connectivity index (χ1n) is 9.50. The van der Waals surface area contributed by atoms with Crippen LogP contribution in [0.5, 0.6) is 0 Å². The number of carbonyl (C=O) groups excluding carboxylic acids is 4. The van der Waals surface area contributed by atoms with E-state index in [1.807, 2.05) is 13.8 Å². The number of imide groups is 1. The number of methoxy groups -OCH3 is 1. The van der Waals surface area contributed by atoms with E-state index in [-0.39, 0.29) is 35.8 Å². The van der Waals surface area contributed by atoms with Crippen molar-refractivity contribution in [2.75, 3.05) is 19.0 Å². The number of anilines is 1. The summed E-state index contributed by atoms with van der Waals surface area (Å²) in [6.45, 7) is 4.16. The Morgan fingerprint density at radius 3 is 2.70 bits per heavy atom. The highest BCUT2D eigenvalue weighted by molar-refractivity contribution is 7.16. The van der Waals surface area contributed by atoms with Gasteiger partial charge in [-0.15, -0.1) is 11.3 Å². The predicted molar refractivity (Wildman–Crippen MR) is 109 cm³/mol. The number of thiazole rings is 1. The van der Waals surface area contributed by atoms with Gasteiger partial charge in [-0.05, 0) is 30.9 Å². The Bertz CT molecular complexity index is 966. The van der Waals surface area contributed by atoms with Crippen molar-refractivity contribution in [2.45, 2.75) is 33.1 Å². The fourth-order valence-corrected chi connectivity index (χ4v) is 4.24. The smallest absolute Gasteiger partial charge is 0.357 e. The number of fused-ring (bicyclic) bond motifs is 1. The molecular formula is C20H22N4O5S. The van der Waals surface area contributed by atoms with Gasteiger partial charge in [0.1, 0.15) is 5.69 Å². The van der Waals surface area contributed by atoms with Crippen LogP contribution in [0.15, 0.2) is 18.3 Å². The molecule has 9 nitrogen and oxygen atoms in total. The lowest BCUT2D eigenvalue weighted by Crippen LogP contribution is -2.31. The van der Waals surface area contributed by atoms with Gasteiger partial charge < -0.3 is 10.1 Å². The van der Waals surface area contributed by atoms with Crippen molar-refractivity contribution in [3.8, 4) is 0 Å². The highest BCUT2D eigenvalue weighted by Crippen LogP contribution is 2.27. The Morgan fingerprint density at radius 1 is 1.27 bits per heavy atom. The summed E-state index contributed by atoms with van der Waals surface area (Å²) in [5.74, 6) is -1.39. The summed E-state index contributed by atoms with van der Waals surface area (Å²) in [5.41, 5.74) is 0.635. The lowest BCUT2D eigenvalue weighted by molar-refractivity contribution is -0.116. The molecule has 0 aromatic carbocycles. The molecule has 3 heterocycles. The van der Waals surface area contributed by atoms with E-state index in [1.54, 1.807) is 12.1 Å². The molecule has 0 aliphatic carbocycles. The minimum Gasteiger partial charge on any atom is -0.464 e. The molecule has 2 aromatic rings. The SMILES string of the molecule is COC(=O)c1nc(NC(=O)CCCN2C(=O)c3cccnc3C2=O)sc1CC(C)C. The molecule has 30 heavy (non-hydrogen) atoms. The third-order valence-electron chi connectivity index (χ3n) is 4.43. The number of amides is 3. The molecule has 0 bridgehead atoms. The maximum absolute atomic E-state index is 12.3. The van der Waals surface area contributed by atoms with Gasteiger partial charge in [0.2, 0.25) is 5.91 Å². The molecule has 158 valence electrons. The van der Waals surface area contributed by atoms with Crippen molar-refractivity contribution < 1.29 is 23.9 Å². The van der Waals surface area contributed by atoms with Gasteiger partial charge in [-0.2, -0.15) is 0 Å². The normalized spacial score (nSPS) is 13.0. The first-order chi connectivity index (χ1) is 14.3. The second kappa shape index (κ2) is 9.12. The monoisotopic (exact) mass is 430 g/mol. The average Bonchev–Trinajstić information content (AvgIpc) is 3.20. The van der Waals surface area contributed by atoms with Gasteiger partial charge >= 0.3 is 5.97 Å². The number of pyridine rings is 1. The lowest BCUT2D eigenvalue weighted by atomic mass is 10.1. The number of aromatic nitrogens is 2. The molecule has 2 aromatic heterocycles. The largest absolute Gasteiger partial charge is 0.464 e. The van der Waals surface area contributed by atoms with Crippen molar-refractivity contribution in [2.24, 2.45) is 5.92 Å². The van der Waals surface area contributed by atoms with Crippen LogP contribution in [0.25, 0.3) is 0 Å². The van der Waals surface area contributed by atoms with Gasteiger partial charge in [0, 0.05) is 24.0 Å². The van der Waals surface area contributed by atoms with E-state index < -0.39 is 17.8 Å². The van der Waals surface area contributed by atoms with Gasteiger partial charge in [0.15, 0.2) is 10.8 Å². The van der Waals surface area contributed by atoms with Gasteiger partial charge in [-0.25, -0.2) is 9.78 Å². The zero-order valence-corrected chi connectivity index (χ0v) is 17.7.